The van der Waals surface area contributed by atoms with E-state index in [1.54, 1.807) is 6.07 Å². The van der Waals surface area contributed by atoms with Gasteiger partial charge in [0.25, 0.3) is 0 Å². The van der Waals surface area contributed by atoms with Crippen LogP contribution in [0.15, 0.2) is 18.2 Å². The molecule has 0 heterocycles. The first-order valence-corrected chi connectivity index (χ1v) is 4.07. The highest BCUT2D eigenvalue weighted by atomic mass is 35.5. The first-order chi connectivity index (χ1) is 5.36. The third kappa shape index (κ3) is 1.66. The molecule has 0 atom stereocenters. The second-order valence-electron chi connectivity index (χ2n) is 2.67. The Bertz CT molecular complexity index is 255. The Morgan fingerprint density at radius 3 is 3.00 bits per heavy atom. The van der Waals surface area contributed by atoms with E-state index in [1.165, 1.54) is 0 Å². The number of hydrogen-bond donors (Lipinski definition) is 0. The zero-order chi connectivity index (χ0) is 7.68. The normalized spacial score (nSPS) is 16.5. The monoisotopic (exact) mass is 167 g/mol. The van der Waals surface area contributed by atoms with Crippen LogP contribution in [0.25, 0.3) is 0 Å². The van der Waals surface area contributed by atoms with Crippen LogP contribution in [0, 0.1) is 6.07 Å². The number of benzene rings is 1. The van der Waals surface area contributed by atoms with Gasteiger partial charge in [0.05, 0.1) is 11.1 Å². The van der Waals surface area contributed by atoms with Gasteiger partial charge in [0.1, 0.15) is 5.75 Å². The average Bonchev–Trinajstić information content (AvgIpc) is 2.78. The number of rotatable bonds is 2. The van der Waals surface area contributed by atoms with Crippen LogP contribution in [0.1, 0.15) is 12.8 Å². The van der Waals surface area contributed by atoms with Crippen molar-refractivity contribution in [3.63, 3.8) is 0 Å². The van der Waals surface area contributed by atoms with Crippen molar-refractivity contribution in [2.75, 3.05) is 0 Å². The summed E-state index contributed by atoms with van der Waals surface area (Å²) < 4.78 is 5.49. The Morgan fingerprint density at radius 1 is 1.55 bits per heavy atom. The Hall–Kier alpha value is -0.690. The van der Waals surface area contributed by atoms with Crippen molar-refractivity contribution in [2.45, 2.75) is 18.9 Å². The van der Waals surface area contributed by atoms with Crippen molar-refractivity contribution in [1.82, 2.24) is 0 Å². The summed E-state index contributed by atoms with van der Waals surface area (Å²) >= 11 is 5.82. The highest BCUT2D eigenvalue weighted by Gasteiger charge is 2.24. The van der Waals surface area contributed by atoms with Gasteiger partial charge < -0.3 is 4.74 Å². The van der Waals surface area contributed by atoms with Gasteiger partial charge in [-0.3, -0.25) is 0 Å². The highest BCUT2D eigenvalue weighted by molar-refractivity contribution is 6.31. The zero-order valence-electron chi connectivity index (χ0n) is 6.01. The fourth-order valence-electron chi connectivity index (χ4n) is 0.858. The van der Waals surface area contributed by atoms with E-state index in [2.05, 4.69) is 6.07 Å². The van der Waals surface area contributed by atoms with Gasteiger partial charge in [0.15, 0.2) is 0 Å². The van der Waals surface area contributed by atoms with Crippen LogP contribution in [0.3, 0.4) is 0 Å². The van der Waals surface area contributed by atoms with E-state index >= 15 is 0 Å². The summed E-state index contributed by atoms with van der Waals surface area (Å²) in [6.07, 6.45) is 2.72. The lowest BCUT2D eigenvalue weighted by molar-refractivity contribution is 0.303. The predicted octanol–water partition coefficient (Wildman–Crippen LogP) is 2.68. The van der Waals surface area contributed by atoms with Crippen LogP contribution in [-0.4, -0.2) is 6.10 Å². The lowest BCUT2D eigenvalue weighted by Gasteiger charge is -2.04. The Labute approximate surface area is 70.9 Å². The summed E-state index contributed by atoms with van der Waals surface area (Å²) in [6.45, 7) is 0. The molecule has 1 aliphatic carbocycles. The van der Waals surface area contributed by atoms with Crippen molar-refractivity contribution in [2.24, 2.45) is 0 Å². The fourth-order valence-corrected chi connectivity index (χ4v) is 1.03. The molecule has 0 bridgehead atoms. The Balaban J connectivity index is 2.15. The van der Waals surface area contributed by atoms with Crippen LogP contribution < -0.4 is 4.74 Å². The second-order valence-corrected chi connectivity index (χ2v) is 3.04. The minimum atomic E-state index is 0.406. The molecule has 1 fully saturated rings. The van der Waals surface area contributed by atoms with Gasteiger partial charge in [0, 0.05) is 6.07 Å². The van der Waals surface area contributed by atoms with E-state index in [-0.39, 0.29) is 0 Å². The summed E-state index contributed by atoms with van der Waals surface area (Å²) in [4.78, 5) is 0. The van der Waals surface area contributed by atoms with E-state index < -0.39 is 0 Å². The molecular formula is C9H8ClO. The molecule has 0 N–H and O–H groups in total. The van der Waals surface area contributed by atoms with Crippen LogP contribution in [0.4, 0.5) is 0 Å². The fraction of sp³-hybridized carbons (Fsp3) is 0.333. The first kappa shape index (κ1) is 6.99. The number of halogens is 1. The summed E-state index contributed by atoms with van der Waals surface area (Å²) in [5.41, 5.74) is 0. The third-order valence-corrected chi connectivity index (χ3v) is 1.88. The lowest BCUT2D eigenvalue weighted by atomic mass is 10.3. The maximum absolute atomic E-state index is 5.82. The van der Waals surface area contributed by atoms with Gasteiger partial charge in [0.2, 0.25) is 0 Å². The van der Waals surface area contributed by atoms with E-state index in [0.717, 1.165) is 18.6 Å². The Kier molecular flexibility index (Phi) is 1.74. The molecule has 1 aromatic carbocycles. The number of ether oxygens (including phenoxy) is 1. The summed E-state index contributed by atoms with van der Waals surface area (Å²) in [7, 11) is 0. The summed E-state index contributed by atoms with van der Waals surface area (Å²) in [5, 5.41) is 0.583. The number of hydrogen-bond acceptors (Lipinski definition) is 1. The molecule has 1 saturated carbocycles. The summed E-state index contributed by atoms with van der Waals surface area (Å²) in [5.74, 6) is 0.761. The van der Waals surface area contributed by atoms with Crippen LogP contribution in [0.5, 0.6) is 5.75 Å². The van der Waals surface area contributed by atoms with Gasteiger partial charge in [-0.05, 0) is 18.9 Å². The van der Waals surface area contributed by atoms with Crippen molar-refractivity contribution in [1.29, 1.82) is 0 Å². The maximum Gasteiger partial charge on any atom is 0.138 e. The largest absolute Gasteiger partial charge is 0.489 e. The molecule has 2 rings (SSSR count). The molecule has 0 aromatic heterocycles. The molecule has 0 aliphatic heterocycles. The molecule has 0 unspecified atom stereocenters. The SMILES string of the molecule is Clc1[c]cccc1OC1CC1. The molecule has 1 radical (unpaired) electrons. The van der Waals surface area contributed by atoms with Crippen molar-refractivity contribution < 1.29 is 4.74 Å². The van der Waals surface area contributed by atoms with Crippen molar-refractivity contribution in [3.05, 3.63) is 29.3 Å². The standard InChI is InChI=1S/C9H8ClO/c10-8-3-1-2-4-9(8)11-7-5-6-7/h1-2,4,7H,5-6H2. The first-order valence-electron chi connectivity index (χ1n) is 3.69. The lowest BCUT2D eigenvalue weighted by Crippen LogP contribution is -1.95. The quantitative estimate of drug-likeness (QED) is 0.658. The van der Waals surface area contributed by atoms with Crippen molar-refractivity contribution in [3.8, 4) is 5.75 Å². The van der Waals surface area contributed by atoms with Crippen LogP contribution in [-0.2, 0) is 0 Å². The molecule has 0 amide bonds. The molecule has 0 saturated heterocycles. The molecule has 57 valence electrons. The molecule has 1 aromatic rings. The predicted molar refractivity (Wildman–Crippen MR) is 43.9 cm³/mol. The molecule has 11 heavy (non-hydrogen) atoms. The third-order valence-electron chi connectivity index (χ3n) is 1.59. The molecular weight excluding hydrogens is 160 g/mol. The van der Waals surface area contributed by atoms with Gasteiger partial charge in [-0.25, -0.2) is 0 Å². The van der Waals surface area contributed by atoms with Crippen molar-refractivity contribution >= 4 is 11.6 Å². The van der Waals surface area contributed by atoms with Gasteiger partial charge in [-0.1, -0.05) is 23.7 Å². The molecule has 1 nitrogen and oxygen atoms in total. The van der Waals surface area contributed by atoms with E-state index in [9.17, 15) is 0 Å². The highest BCUT2D eigenvalue weighted by Crippen LogP contribution is 2.30. The van der Waals surface area contributed by atoms with Crippen LogP contribution in [0.2, 0.25) is 5.02 Å². The summed E-state index contributed by atoms with van der Waals surface area (Å²) in [6, 6.07) is 8.40. The average molecular weight is 168 g/mol. The van der Waals surface area contributed by atoms with Gasteiger partial charge >= 0.3 is 0 Å². The Morgan fingerprint density at radius 2 is 2.36 bits per heavy atom. The van der Waals surface area contributed by atoms with Gasteiger partial charge in [-0.2, -0.15) is 0 Å². The minimum absolute atomic E-state index is 0.406. The smallest absolute Gasteiger partial charge is 0.138 e. The minimum Gasteiger partial charge on any atom is -0.489 e. The molecule has 2 heteroatoms. The van der Waals surface area contributed by atoms with E-state index in [1.807, 2.05) is 12.1 Å². The van der Waals surface area contributed by atoms with Gasteiger partial charge in [-0.15, -0.1) is 0 Å². The zero-order valence-corrected chi connectivity index (χ0v) is 6.77. The van der Waals surface area contributed by atoms with E-state index in [4.69, 9.17) is 16.3 Å². The molecule has 1 aliphatic rings. The maximum atomic E-state index is 5.82. The topological polar surface area (TPSA) is 9.23 Å². The van der Waals surface area contributed by atoms with Crippen LogP contribution >= 0.6 is 11.6 Å². The van der Waals surface area contributed by atoms with E-state index in [0.29, 0.717) is 11.1 Å². The molecule has 0 spiro atoms. The second kappa shape index (κ2) is 2.74.